The molecule has 0 aromatic rings. The summed E-state index contributed by atoms with van der Waals surface area (Å²) in [6, 6.07) is 0. The zero-order valence-corrected chi connectivity index (χ0v) is 45.9. The molecule has 6 heteroatoms. The molecule has 0 spiro atoms. The maximum Gasteiger partial charge on any atom is 0.306 e. The largest absolute Gasteiger partial charge is 0.462 e. The third-order valence-corrected chi connectivity index (χ3v) is 12.0. The summed E-state index contributed by atoms with van der Waals surface area (Å²) in [5, 5.41) is 0. The fourth-order valence-corrected chi connectivity index (χ4v) is 7.69. The van der Waals surface area contributed by atoms with E-state index in [1.54, 1.807) is 0 Å². The van der Waals surface area contributed by atoms with Crippen molar-refractivity contribution in [2.45, 2.75) is 258 Å². The van der Waals surface area contributed by atoms with E-state index in [0.717, 1.165) is 96.3 Å². The molecule has 0 N–H and O–H groups in total. The average Bonchev–Trinajstić information content (AvgIpc) is 3.37. The first-order chi connectivity index (χ1) is 35.0. The quantitative estimate of drug-likeness (QED) is 0.0261. The number of hydrogen-bond acceptors (Lipinski definition) is 6. The van der Waals surface area contributed by atoms with Gasteiger partial charge in [-0.3, -0.25) is 14.4 Å². The van der Waals surface area contributed by atoms with E-state index >= 15 is 0 Å². The third-order valence-electron chi connectivity index (χ3n) is 12.0. The van der Waals surface area contributed by atoms with E-state index in [9.17, 15) is 14.4 Å². The Balaban J connectivity index is 4.54. The summed E-state index contributed by atoms with van der Waals surface area (Å²) in [6.45, 7) is 6.32. The van der Waals surface area contributed by atoms with Crippen LogP contribution >= 0.6 is 0 Å². The van der Waals surface area contributed by atoms with E-state index in [2.05, 4.69) is 136 Å². The first-order valence-corrected chi connectivity index (χ1v) is 29.0. The van der Waals surface area contributed by atoms with Gasteiger partial charge in [-0.25, -0.2) is 0 Å². The van der Waals surface area contributed by atoms with Crippen molar-refractivity contribution in [2.75, 3.05) is 13.2 Å². The highest BCUT2D eigenvalue weighted by Gasteiger charge is 2.19. The lowest BCUT2D eigenvalue weighted by molar-refractivity contribution is -0.166. The van der Waals surface area contributed by atoms with Gasteiger partial charge in [-0.05, 0) is 96.3 Å². The lowest BCUT2D eigenvalue weighted by atomic mass is 10.0. The predicted octanol–water partition coefficient (Wildman–Crippen LogP) is 19.6. The van der Waals surface area contributed by atoms with Gasteiger partial charge in [-0.15, -0.1) is 0 Å². The standard InChI is InChI=1S/C65H106O6/c1-4-7-10-13-16-19-22-25-28-30-32-34-37-40-43-46-49-52-55-58-64(67)70-61-62(60-69-63(66)57-54-51-48-45-42-39-36-27-24-21-18-15-12-9-6-3)71-65(68)59-56-53-50-47-44-41-38-35-33-31-29-26-23-20-17-14-11-8-5-2/h7,9-10,12,16,18-19,21,25,27-28,32,34,36,40,42-43,45,49,52,62H,4-6,8,11,13-15,17,20,22-24,26,29-31,33,35,37-39,41,44,46-48,50-51,53-61H2,1-3H3/b10-7-,12-9-,19-16-,21-18-,28-25-,34-32-,36-27-,43-40-,45-42-,52-49-/t62-/m0/s1. The number of carbonyl (C=O) groups is 3. The Morgan fingerprint density at radius 2 is 0.577 bits per heavy atom. The molecule has 0 bridgehead atoms. The second kappa shape index (κ2) is 58.4. The topological polar surface area (TPSA) is 78.9 Å². The normalized spacial score (nSPS) is 13.0. The van der Waals surface area contributed by atoms with Gasteiger partial charge in [-0.2, -0.15) is 0 Å². The number of hydrogen-bond donors (Lipinski definition) is 0. The van der Waals surface area contributed by atoms with E-state index in [4.69, 9.17) is 14.2 Å². The molecule has 402 valence electrons. The zero-order chi connectivity index (χ0) is 51.4. The molecule has 0 fully saturated rings. The number of esters is 3. The van der Waals surface area contributed by atoms with Crippen LogP contribution in [0.3, 0.4) is 0 Å². The summed E-state index contributed by atoms with van der Waals surface area (Å²) >= 11 is 0. The summed E-state index contributed by atoms with van der Waals surface area (Å²) in [7, 11) is 0. The van der Waals surface area contributed by atoms with Crippen molar-refractivity contribution < 1.29 is 28.6 Å². The Hall–Kier alpha value is -4.19. The molecule has 0 aliphatic heterocycles. The molecule has 0 amide bonds. The van der Waals surface area contributed by atoms with Gasteiger partial charge in [0.05, 0.1) is 0 Å². The van der Waals surface area contributed by atoms with Crippen LogP contribution in [0.4, 0.5) is 0 Å². The van der Waals surface area contributed by atoms with Crippen LogP contribution in [0.25, 0.3) is 0 Å². The Kier molecular flexibility index (Phi) is 54.9. The first-order valence-electron chi connectivity index (χ1n) is 29.0. The Labute approximate surface area is 437 Å². The van der Waals surface area contributed by atoms with Crippen molar-refractivity contribution in [3.63, 3.8) is 0 Å². The monoisotopic (exact) mass is 983 g/mol. The van der Waals surface area contributed by atoms with Gasteiger partial charge in [0.2, 0.25) is 0 Å². The van der Waals surface area contributed by atoms with E-state index in [-0.39, 0.29) is 37.5 Å². The molecule has 0 saturated carbocycles. The van der Waals surface area contributed by atoms with Crippen molar-refractivity contribution in [1.29, 1.82) is 0 Å². The maximum absolute atomic E-state index is 12.9. The van der Waals surface area contributed by atoms with Crippen LogP contribution in [-0.2, 0) is 28.6 Å². The van der Waals surface area contributed by atoms with Crippen molar-refractivity contribution >= 4 is 17.9 Å². The zero-order valence-electron chi connectivity index (χ0n) is 45.9. The minimum Gasteiger partial charge on any atom is -0.462 e. The second-order valence-corrected chi connectivity index (χ2v) is 18.8. The molecule has 1 atom stereocenters. The number of unbranched alkanes of at least 4 members (excludes halogenated alkanes) is 20. The molecule has 71 heavy (non-hydrogen) atoms. The number of carbonyl (C=O) groups excluding carboxylic acids is 3. The van der Waals surface area contributed by atoms with Crippen LogP contribution in [0.1, 0.15) is 252 Å². The van der Waals surface area contributed by atoms with E-state index in [1.807, 2.05) is 6.08 Å². The fourth-order valence-electron chi connectivity index (χ4n) is 7.69. The summed E-state index contributed by atoms with van der Waals surface area (Å²) in [6.07, 6.45) is 80.7. The summed E-state index contributed by atoms with van der Waals surface area (Å²) < 4.78 is 16.8. The van der Waals surface area contributed by atoms with Crippen LogP contribution in [0, 0.1) is 0 Å². The second-order valence-electron chi connectivity index (χ2n) is 18.8. The van der Waals surface area contributed by atoms with Crippen LogP contribution < -0.4 is 0 Å². The molecular weight excluding hydrogens is 877 g/mol. The fraction of sp³-hybridized carbons (Fsp3) is 0.646. The molecule has 0 rings (SSSR count). The average molecular weight is 984 g/mol. The Bertz CT molecular complexity index is 1500. The summed E-state index contributed by atoms with van der Waals surface area (Å²) in [5.74, 6) is -1.05. The van der Waals surface area contributed by atoms with Gasteiger partial charge in [0.1, 0.15) is 13.2 Å². The highest BCUT2D eigenvalue weighted by atomic mass is 16.6. The van der Waals surface area contributed by atoms with E-state index < -0.39 is 6.10 Å². The highest BCUT2D eigenvalue weighted by molar-refractivity contribution is 5.71. The number of rotatable bonds is 51. The summed E-state index contributed by atoms with van der Waals surface area (Å²) in [5.41, 5.74) is 0. The number of allylic oxidation sites excluding steroid dienone is 20. The molecule has 0 aromatic heterocycles. The molecular formula is C65H106O6. The van der Waals surface area contributed by atoms with Crippen LogP contribution in [0.5, 0.6) is 0 Å². The molecule has 6 nitrogen and oxygen atoms in total. The van der Waals surface area contributed by atoms with Crippen molar-refractivity contribution in [3.8, 4) is 0 Å². The molecule has 0 saturated heterocycles. The van der Waals surface area contributed by atoms with Gasteiger partial charge in [0.25, 0.3) is 0 Å². The Morgan fingerprint density at radius 3 is 0.944 bits per heavy atom. The van der Waals surface area contributed by atoms with E-state index in [1.165, 1.54) is 103 Å². The van der Waals surface area contributed by atoms with Crippen LogP contribution in [-0.4, -0.2) is 37.2 Å². The maximum atomic E-state index is 12.9. The summed E-state index contributed by atoms with van der Waals surface area (Å²) in [4.78, 5) is 38.1. The molecule has 0 aliphatic carbocycles. The van der Waals surface area contributed by atoms with Gasteiger partial charge < -0.3 is 14.2 Å². The highest BCUT2D eigenvalue weighted by Crippen LogP contribution is 2.16. The van der Waals surface area contributed by atoms with Gasteiger partial charge in [0, 0.05) is 19.3 Å². The molecule has 0 aliphatic rings. The minimum atomic E-state index is -0.828. The number of ether oxygens (including phenoxy) is 3. The lowest BCUT2D eigenvalue weighted by Gasteiger charge is -2.18. The van der Waals surface area contributed by atoms with Crippen molar-refractivity contribution in [3.05, 3.63) is 122 Å². The molecule has 0 heterocycles. The SMILES string of the molecule is CC/C=C\C/C=C\C/C=C\C/C=C\C/C=C\C/C=C\CCC(=O)OC[C@H](COC(=O)CCCC/C=C\C/C=C\C/C=C\C/C=C\CC)OC(=O)CCCCCCCCCCCCCCCCCCCCC. The van der Waals surface area contributed by atoms with Crippen molar-refractivity contribution in [2.24, 2.45) is 0 Å². The first kappa shape index (κ1) is 66.8. The molecule has 0 unspecified atom stereocenters. The van der Waals surface area contributed by atoms with Crippen molar-refractivity contribution in [1.82, 2.24) is 0 Å². The predicted molar refractivity (Wildman–Crippen MR) is 306 cm³/mol. The smallest absolute Gasteiger partial charge is 0.306 e. The Morgan fingerprint density at radius 1 is 0.296 bits per heavy atom. The van der Waals surface area contributed by atoms with Gasteiger partial charge in [0.15, 0.2) is 6.10 Å². The molecule has 0 radical (unpaired) electrons. The van der Waals surface area contributed by atoms with Crippen LogP contribution in [0.2, 0.25) is 0 Å². The van der Waals surface area contributed by atoms with Crippen LogP contribution in [0.15, 0.2) is 122 Å². The van der Waals surface area contributed by atoms with Gasteiger partial charge >= 0.3 is 17.9 Å². The lowest BCUT2D eigenvalue weighted by Crippen LogP contribution is -2.30. The minimum absolute atomic E-state index is 0.124. The van der Waals surface area contributed by atoms with Gasteiger partial charge in [-0.1, -0.05) is 258 Å². The molecule has 0 aromatic carbocycles. The third kappa shape index (κ3) is 56.6. The van der Waals surface area contributed by atoms with E-state index in [0.29, 0.717) is 25.7 Å².